The summed E-state index contributed by atoms with van der Waals surface area (Å²) >= 11 is 0. The molecular formula is C17H18O6S2. The smallest absolute Gasteiger partial charge is 0.282 e. The van der Waals surface area contributed by atoms with Crippen molar-refractivity contribution in [3.63, 3.8) is 0 Å². The summed E-state index contributed by atoms with van der Waals surface area (Å²) in [6.07, 6.45) is 3.14. The molecule has 8 heteroatoms. The number of hydrogen-bond donors (Lipinski definition) is 2. The van der Waals surface area contributed by atoms with Crippen molar-refractivity contribution in [2.45, 2.75) is 16.7 Å². The molecule has 0 aliphatic heterocycles. The van der Waals surface area contributed by atoms with Gasteiger partial charge in [-0.15, -0.1) is 0 Å². The molecule has 0 fully saturated rings. The van der Waals surface area contributed by atoms with Gasteiger partial charge in [0.25, 0.3) is 20.2 Å². The highest BCUT2D eigenvalue weighted by Gasteiger charge is 2.09. The van der Waals surface area contributed by atoms with Gasteiger partial charge in [0.15, 0.2) is 0 Å². The summed E-state index contributed by atoms with van der Waals surface area (Å²) in [4.78, 5) is -0.207. The van der Waals surface area contributed by atoms with Gasteiger partial charge in [-0.1, -0.05) is 43.5 Å². The van der Waals surface area contributed by atoms with Gasteiger partial charge in [-0.2, -0.15) is 16.8 Å². The summed E-state index contributed by atoms with van der Waals surface area (Å²) in [6.45, 7) is 8.89. The van der Waals surface area contributed by atoms with Crippen LogP contribution in [0.3, 0.4) is 0 Å². The molecule has 2 aromatic rings. The minimum atomic E-state index is -4.10. The van der Waals surface area contributed by atoms with Crippen LogP contribution in [0.1, 0.15) is 16.7 Å². The lowest BCUT2D eigenvalue weighted by molar-refractivity contribution is 0.481. The molecule has 2 aromatic carbocycles. The van der Waals surface area contributed by atoms with E-state index in [-0.39, 0.29) is 9.79 Å². The van der Waals surface area contributed by atoms with E-state index in [1.54, 1.807) is 30.4 Å². The molecule has 0 atom stereocenters. The molecule has 0 saturated heterocycles. The van der Waals surface area contributed by atoms with E-state index in [2.05, 4.69) is 13.2 Å². The van der Waals surface area contributed by atoms with E-state index in [0.717, 1.165) is 11.1 Å². The second-order valence-corrected chi connectivity index (χ2v) is 7.79. The SMILES string of the molecule is C=Cc1cc(S(=O)(=O)O)ccc1C.C=Cc1ccc(S(=O)(=O)O)cc1. The van der Waals surface area contributed by atoms with E-state index in [9.17, 15) is 16.8 Å². The Labute approximate surface area is 147 Å². The maximum absolute atomic E-state index is 10.7. The van der Waals surface area contributed by atoms with Crippen LogP contribution in [0.15, 0.2) is 65.4 Å². The van der Waals surface area contributed by atoms with Crippen LogP contribution in [-0.4, -0.2) is 25.9 Å². The van der Waals surface area contributed by atoms with Crippen molar-refractivity contribution in [1.29, 1.82) is 0 Å². The first-order valence-corrected chi connectivity index (χ1v) is 9.77. The zero-order valence-corrected chi connectivity index (χ0v) is 15.1. The molecule has 0 aromatic heterocycles. The van der Waals surface area contributed by atoms with Gasteiger partial charge < -0.3 is 0 Å². The van der Waals surface area contributed by atoms with Gasteiger partial charge in [0.2, 0.25) is 0 Å². The van der Waals surface area contributed by atoms with Crippen molar-refractivity contribution in [1.82, 2.24) is 0 Å². The van der Waals surface area contributed by atoms with Gasteiger partial charge in [0, 0.05) is 0 Å². The third-order valence-corrected chi connectivity index (χ3v) is 4.90. The molecule has 6 nitrogen and oxygen atoms in total. The first kappa shape index (κ1) is 20.8. The normalized spacial score (nSPS) is 11.2. The van der Waals surface area contributed by atoms with Crippen molar-refractivity contribution in [3.05, 3.63) is 72.3 Å². The summed E-state index contributed by atoms with van der Waals surface area (Å²) in [6, 6.07) is 10.2. The van der Waals surface area contributed by atoms with Crippen LogP contribution < -0.4 is 0 Å². The lowest BCUT2D eigenvalue weighted by atomic mass is 10.1. The minimum absolute atomic E-state index is 0.104. The van der Waals surface area contributed by atoms with E-state index >= 15 is 0 Å². The predicted octanol–water partition coefficient (Wildman–Crippen LogP) is 3.46. The molecule has 0 amide bonds. The van der Waals surface area contributed by atoms with Crippen LogP contribution in [0.4, 0.5) is 0 Å². The van der Waals surface area contributed by atoms with Crippen LogP contribution in [0, 0.1) is 6.92 Å². The average molecular weight is 382 g/mol. The lowest BCUT2D eigenvalue weighted by Gasteiger charge is -2.02. The summed E-state index contributed by atoms with van der Waals surface area (Å²) in [5.74, 6) is 0. The second-order valence-electron chi connectivity index (χ2n) is 4.95. The Morgan fingerprint density at radius 2 is 1.28 bits per heavy atom. The summed E-state index contributed by atoms with van der Waals surface area (Å²) in [5, 5.41) is 0. The van der Waals surface area contributed by atoms with Crippen LogP contribution in [0.25, 0.3) is 12.2 Å². The van der Waals surface area contributed by atoms with Gasteiger partial charge in [-0.25, -0.2) is 0 Å². The summed E-state index contributed by atoms with van der Waals surface area (Å²) in [5.41, 5.74) is 2.43. The monoisotopic (exact) mass is 382 g/mol. The number of hydrogen-bond acceptors (Lipinski definition) is 4. The first-order valence-electron chi connectivity index (χ1n) is 6.89. The second kappa shape index (κ2) is 8.21. The highest BCUT2D eigenvalue weighted by molar-refractivity contribution is 7.86. The Morgan fingerprint density at radius 3 is 1.68 bits per heavy atom. The molecule has 0 saturated carbocycles. The minimum Gasteiger partial charge on any atom is -0.282 e. The number of aryl methyl sites for hydroxylation is 1. The maximum Gasteiger partial charge on any atom is 0.294 e. The van der Waals surface area contributed by atoms with Crippen molar-refractivity contribution in [2.24, 2.45) is 0 Å². The third-order valence-electron chi connectivity index (χ3n) is 3.18. The predicted molar refractivity (Wildman–Crippen MR) is 97.4 cm³/mol. The van der Waals surface area contributed by atoms with Gasteiger partial charge in [-0.3, -0.25) is 9.11 Å². The van der Waals surface area contributed by atoms with Crippen molar-refractivity contribution >= 4 is 32.4 Å². The van der Waals surface area contributed by atoms with E-state index in [1.807, 2.05) is 6.92 Å². The van der Waals surface area contributed by atoms with E-state index in [4.69, 9.17) is 9.11 Å². The number of rotatable bonds is 4. The first-order chi connectivity index (χ1) is 11.5. The number of benzene rings is 2. The third kappa shape index (κ3) is 6.28. The highest BCUT2D eigenvalue weighted by Crippen LogP contribution is 2.16. The zero-order chi connectivity index (χ0) is 19.3. The average Bonchev–Trinajstić information content (AvgIpc) is 2.54. The Hall–Kier alpha value is -2.26. The molecule has 134 valence electrons. The fraction of sp³-hybridized carbons (Fsp3) is 0.0588. The molecule has 0 heterocycles. The van der Waals surface area contributed by atoms with Crippen LogP contribution >= 0.6 is 0 Å². The molecule has 0 spiro atoms. The molecule has 0 radical (unpaired) electrons. The summed E-state index contributed by atoms with van der Waals surface area (Å²) < 4.78 is 59.9. The molecule has 25 heavy (non-hydrogen) atoms. The topological polar surface area (TPSA) is 109 Å². The Bertz CT molecular complexity index is 972. The van der Waals surface area contributed by atoms with Crippen molar-refractivity contribution in [3.8, 4) is 0 Å². The van der Waals surface area contributed by atoms with E-state index in [0.29, 0.717) is 5.56 Å². The quantitative estimate of drug-likeness (QED) is 0.784. The van der Waals surface area contributed by atoms with Gasteiger partial charge in [-0.05, 0) is 47.9 Å². The molecule has 0 aliphatic rings. The standard InChI is InChI=1S/C9H10O3S.C8H8O3S/c1-3-8-6-9(13(10,11)12)5-4-7(8)2;1-2-7-3-5-8(6-4-7)12(9,10)11/h3-6H,1H2,2H3,(H,10,11,12);2-6H,1H2,(H,9,10,11). The highest BCUT2D eigenvalue weighted by atomic mass is 32.2. The van der Waals surface area contributed by atoms with Crippen molar-refractivity contribution in [2.75, 3.05) is 0 Å². The largest absolute Gasteiger partial charge is 0.294 e. The van der Waals surface area contributed by atoms with Crippen LogP contribution in [0.5, 0.6) is 0 Å². The molecule has 0 unspecified atom stereocenters. The van der Waals surface area contributed by atoms with Gasteiger partial charge in [0.05, 0.1) is 9.79 Å². The Morgan fingerprint density at radius 1 is 0.800 bits per heavy atom. The van der Waals surface area contributed by atoms with Crippen LogP contribution in [-0.2, 0) is 20.2 Å². The molecular weight excluding hydrogens is 364 g/mol. The molecule has 0 aliphatic carbocycles. The van der Waals surface area contributed by atoms with Crippen molar-refractivity contribution < 1.29 is 25.9 Å². The van der Waals surface area contributed by atoms with E-state index < -0.39 is 20.2 Å². The molecule has 0 bridgehead atoms. The lowest BCUT2D eigenvalue weighted by Crippen LogP contribution is -1.98. The maximum atomic E-state index is 10.7. The van der Waals surface area contributed by atoms with Gasteiger partial charge >= 0.3 is 0 Å². The van der Waals surface area contributed by atoms with Crippen LogP contribution in [0.2, 0.25) is 0 Å². The van der Waals surface area contributed by atoms with E-state index in [1.165, 1.54) is 24.3 Å². The summed E-state index contributed by atoms with van der Waals surface area (Å²) in [7, 11) is -8.16. The fourth-order valence-corrected chi connectivity index (χ4v) is 2.77. The molecule has 2 rings (SSSR count). The molecule has 2 N–H and O–H groups in total. The fourth-order valence-electron chi connectivity index (χ4n) is 1.77. The Kier molecular flexibility index (Phi) is 6.83. The zero-order valence-electron chi connectivity index (χ0n) is 13.5. The van der Waals surface area contributed by atoms with Gasteiger partial charge in [0.1, 0.15) is 0 Å². The Balaban J connectivity index is 0.000000251.